The van der Waals surface area contributed by atoms with Gasteiger partial charge in [-0.05, 0) is 0 Å². The van der Waals surface area contributed by atoms with E-state index < -0.39 is 13.5 Å². The molecular formula is C6H7BO5PS. The van der Waals surface area contributed by atoms with Gasteiger partial charge < -0.3 is 19.3 Å². The van der Waals surface area contributed by atoms with Crippen LogP contribution in [0, 0.1) is 0 Å². The van der Waals surface area contributed by atoms with Crippen molar-refractivity contribution in [1.29, 1.82) is 0 Å². The van der Waals surface area contributed by atoms with Gasteiger partial charge in [-0.2, -0.15) is 0 Å². The van der Waals surface area contributed by atoms with Crippen molar-refractivity contribution in [2.45, 2.75) is 6.00 Å². The number of rotatable bonds is 2. The molecule has 0 amide bonds. The van der Waals surface area contributed by atoms with Crippen LogP contribution >= 0.6 is 18.8 Å². The van der Waals surface area contributed by atoms with E-state index in [0.717, 1.165) is 7.00 Å². The van der Waals surface area contributed by atoms with E-state index in [1.807, 2.05) is 0 Å². The minimum absolute atomic E-state index is 0.134. The summed E-state index contributed by atoms with van der Waals surface area (Å²) >= 11 is 1.42. The van der Waals surface area contributed by atoms with Gasteiger partial charge in [0, 0.05) is 10.8 Å². The fraction of sp³-hybridized carbons (Fsp3) is 0.333. The van der Waals surface area contributed by atoms with Gasteiger partial charge in [0.2, 0.25) is 0 Å². The summed E-state index contributed by atoms with van der Waals surface area (Å²) in [6, 6.07) is -0.682. The molecule has 1 aromatic rings. The highest BCUT2D eigenvalue weighted by Gasteiger charge is 2.30. The van der Waals surface area contributed by atoms with Crippen LogP contribution in [0.4, 0.5) is 0 Å². The van der Waals surface area contributed by atoms with E-state index in [-0.39, 0.29) is 6.61 Å². The molecule has 1 radical (unpaired) electrons. The second-order valence-corrected chi connectivity index (χ2v) is 5.03. The van der Waals surface area contributed by atoms with Crippen molar-refractivity contribution < 1.29 is 23.8 Å². The summed E-state index contributed by atoms with van der Waals surface area (Å²) in [4.78, 5) is 17.4. The Bertz CT molecular complexity index is 374. The fourth-order valence-corrected chi connectivity index (χ4v) is 2.38. The Kier molecular flexibility index (Phi) is 2.57. The Balaban J connectivity index is 2.05. The SMILES string of the molecule is O=P(O)(O)[B]C1COc2cscc2O1. The maximum absolute atomic E-state index is 10.7. The van der Waals surface area contributed by atoms with Gasteiger partial charge in [-0.3, -0.25) is 4.57 Å². The summed E-state index contributed by atoms with van der Waals surface area (Å²) < 4.78 is 21.2. The van der Waals surface area contributed by atoms with Gasteiger partial charge in [-0.15, -0.1) is 11.3 Å². The molecule has 1 unspecified atom stereocenters. The Morgan fingerprint density at radius 1 is 1.50 bits per heavy atom. The Hall–Kier alpha value is -0.485. The maximum Gasteiger partial charge on any atom is 0.328 e. The Morgan fingerprint density at radius 2 is 2.21 bits per heavy atom. The first-order valence-corrected chi connectivity index (χ1v) is 6.44. The molecule has 0 aliphatic carbocycles. The van der Waals surface area contributed by atoms with E-state index in [0.29, 0.717) is 11.5 Å². The lowest BCUT2D eigenvalue weighted by atomic mass is 9.98. The largest absolute Gasteiger partial charge is 0.490 e. The van der Waals surface area contributed by atoms with Gasteiger partial charge in [0.15, 0.2) is 11.5 Å². The smallest absolute Gasteiger partial charge is 0.328 e. The average Bonchev–Trinajstić information content (AvgIpc) is 2.47. The highest BCUT2D eigenvalue weighted by Crippen LogP contribution is 2.39. The van der Waals surface area contributed by atoms with Crippen LogP contribution in [-0.4, -0.2) is 29.4 Å². The van der Waals surface area contributed by atoms with Gasteiger partial charge in [0.25, 0.3) is 7.47 Å². The van der Waals surface area contributed by atoms with E-state index in [2.05, 4.69) is 0 Å². The normalized spacial score (nSPS) is 20.6. The van der Waals surface area contributed by atoms with E-state index in [1.165, 1.54) is 11.3 Å². The number of ether oxygens (including phenoxy) is 2. The molecule has 75 valence electrons. The molecule has 5 nitrogen and oxygen atoms in total. The van der Waals surface area contributed by atoms with Crippen LogP contribution in [-0.2, 0) is 4.57 Å². The third-order valence-electron chi connectivity index (χ3n) is 1.63. The Labute approximate surface area is 85.0 Å². The first kappa shape index (κ1) is 10.0. The lowest BCUT2D eigenvalue weighted by molar-refractivity contribution is 0.144. The molecule has 14 heavy (non-hydrogen) atoms. The summed E-state index contributed by atoms with van der Waals surface area (Å²) in [5.74, 6) is 1.17. The molecule has 8 heteroatoms. The molecule has 1 aliphatic rings. The van der Waals surface area contributed by atoms with Gasteiger partial charge >= 0.3 is 7.00 Å². The van der Waals surface area contributed by atoms with E-state index in [4.69, 9.17) is 19.3 Å². The molecule has 0 saturated carbocycles. The summed E-state index contributed by atoms with van der Waals surface area (Å²) in [5, 5.41) is 3.51. The zero-order valence-corrected chi connectivity index (χ0v) is 8.70. The number of hydrogen-bond donors (Lipinski definition) is 2. The number of fused-ring (bicyclic) bond motifs is 1. The van der Waals surface area contributed by atoms with Crippen molar-refractivity contribution in [1.82, 2.24) is 0 Å². The molecule has 0 spiro atoms. The molecule has 2 N–H and O–H groups in total. The van der Waals surface area contributed by atoms with Crippen molar-refractivity contribution in [2.24, 2.45) is 0 Å². The zero-order valence-electron chi connectivity index (χ0n) is 6.99. The zero-order chi connectivity index (χ0) is 10.2. The van der Waals surface area contributed by atoms with E-state index >= 15 is 0 Å². The maximum atomic E-state index is 10.7. The average molecular weight is 233 g/mol. The van der Waals surface area contributed by atoms with E-state index in [1.54, 1.807) is 10.8 Å². The molecule has 2 heterocycles. The molecule has 1 aliphatic heterocycles. The molecule has 0 aromatic carbocycles. The number of thiophene rings is 1. The molecule has 2 rings (SSSR count). The van der Waals surface area contributed by atoms with Crippen LogP contribution in [0.5, 0.6) is 11.5 Å². The Morgan fingerprint density at radius 3 is 2.93 bits per heavy atom. The molecule has 1 atom stereocenters. The third kappa shape index (κ3) is 2.30. The highest BCUT2D eigenvalue weighted by molar-refractivity contribution is 7.82. The van der Waals surface area contributed by atoms with Crippen LogP contribution in [0.15, 0.2) is 10.8 Å². The van der Waals surface area contributed by atoms with Gasteiger partial charge in [-0.1, -0.05) is 0 Å². The summed E-state index contributed by atoms with van der Waals surface area (Å²) in [5.41, 5.74) is 0. The van der Waals surface area contributed by atoms with Crippen LogP contribution in [0.1, 0.15) is 0 Å². The minimum Gasteiger partial charge on any atom is -0.490 e. The second kappa shape index (κ2) is 3.58. The lowest BCUT2D eigenvalue weighted by Crippen LogP contribution is -2.34. The standard InChI is InChI=1S/C6H7BO5PS/c8-13(9,10)7-6-1-11-4-2-14-3-5(4)12-6/h2-3,6H,1H2,(H2,8,9,10). The fourth-order valence-electron chi connectivity index (χ4n) is 1.12. The van der Waals surface area contributed by atoms with Crippen LogP contribution in [0.2, 0.25) is 0 Å². The first-order chi connectivity index (χ1) is 6.54. The lowest BCUT2D eigenvalue weighted by Gasteiger charge is -2.23. The quantitative estimate of drug-likeness (QED) is 0.579. The molecule has 0 bridgehead atoms. The predicted octanol–water partition coefficient (Wildman–Crippen LogP) is 0.642. The molecular weight excluding hydrogens is 226 g/mol. The van der Waals surface area contributed by atoms with Crippen LogP contribution in [0.3, 0.4) is 0 Å². The second-order valence-electron chi connectivity index (χ2n) is 2.81. The molecule has 0 fully saturated rings. The highest BCUT2D eigenvalue weighted by atomic mass is 32.1. The van der Waals surface area contributed by atoms with Crippen molar-refractivity contribution in [3.63, 3.8) is 0 Å². The van der Waals surface area contributed by atoms with Crippen LogP contribution < -0.4 is 9.47 Å². The predicted molar refractivity (Wildman–Crippen MR) is 52.0 cm³/mol. The van der Waals surface area contributed by atoms with Crippen molar-refractivity contribution in [3.05, 3.63) is 10.8 Å². The minimum atomic E-state index is -4.15. The van der Waals surface area contributed by atoms with Crippen molar-refractivity contribution in [3.8, 4) is 11.5 Å². The summed E-state index contributed by atoms with van der Waals surface area (Å²) in [6.07, 6.45) is 0. The third-order valence-corrected chi connectivity index (χ3v) is 3.06. The molecule has 1 aromatic heterocycles. The monoisotopic (exact) mass is 233 g/mol. The van der Waals surface area contributed by atoms with Crippen molar-refractivity contribution in [2.75, 3.05) is 6.61 Å². The van der Waals surface area contributed by atoms with Gasteiger partial charge in [0.05, 0.1) is 0 Å². The summed E-state index contributed by atoms with van der Waals surface area (Å²) in [7, 11) is -4.15. The van der Waals surface area contributed by atoms with E-state index in [9.17, 15) is 4.57 Å². The summed E-state index contributed by atoms with van der Waals surface area (Å²) in [6.45, 7) is 0.989. The van der Waals surface area contributed by atoms with Crippen LogP contribution in [0.25, 0.3) is 0 Å². The van der Waals surface area contributed by atoms with Gasteiger partial charge in [-0.25, -0.2) is 0 Å². The van der Waals surface area contributed by atoms with Crippen molar-refractivity contribution >= 4 is 25.8 Å². The molecule has 0 saturated heterocycles. The van der Waals surface area contributed by atoms with Gasteiger partial charge in [0.1, 0.15) is 12.6 Å². The number of hydrogen-bond acceptors (Lipinski definition) is 4. The topological polar surface area (TPSA) is 76.0 Å². The first-order valence-electron chi connectivity index (χ1n) is 3.81.